The number of carbonyl (C=O) groups is 1. The van der Waals surface area contributed by atoms with Gasteiger partial charge in [-0.25, -0.2) is 0 Å². The Morgan fingerprint density at radius 1 is 1.41 bits per heavy atom. The Morgan fingerprint density at radius 2 is 2.06 bits per heavy atom. The molecule has 17 heavy (non-hydrogen) atoms. The highest BCUT2D eigenvalue weighted by molar-refractivity contribution is 5.86. The average molecular weight is 239 g/mol. The van der Waals surface area contributed by atoms with Crippen LogP contribution >= 0.6 is 0 Å². The molecule has 1 saturated carbocycles. The van der Waals surface area contributed by atoms with Crippen molar-refractivity contribution in [1.29, 1.82) is 0 Å². The molecule has 4 nitrogen and oxygen atoms in total. The third kappa shape index (κ3) is 2.63. The van der Waals surface area contributed by atoms with Crippen molar-refractivity contribution < 1.29 is 4.79 Å². The topological polar surface area (TPSA) is 49.6 Å². The van der Waals surface area contributed by atoms with Crippen LogP contribution < -0.4 is 5.73 Å². The summed E-state index contributed by atoms with van der Waals surface area (Å²) < 4.78 is 0. The fourth-order valence-corrected chi connectivity index (χ4v) is 3.21. The van der Waals surface area contributed by atoms with Crippen molar-refractivity contribution in [2.45, 2.75) is 50.1 Å². The van der Waals surface area contributed by atoms with E-state index in [1.165, 1.54) is 12.8 Å². The van der Waals surface area contributed by atoms with E-state index < -0.39 is 5.54 Å². The highest BCUT2D eigenvalue weighted by Crippen LogP contribution is 2.29. The molecule has 1 saturated heterocycles. The van der Waals surface area contributed by atoms with Crippen LogP contribution in [0.5, 0.6) is 0 Å². The van der Waals surface area contributed by atoms with Crippen molar-refractivity contribution in [3.05, 3.63) is 0 Å². The Morgan fingerprint density at radius 3 is 2.59 bits per heavy atom. The molecule has 1 aliphatic heterocycles. The summed E-state index contributed by atoms with van der Waals surface area (Å²) in [5.41, 5.74) is 5.64. The maximum absolute atomic E-state index is 12.3. The lowest BCUT2D eigenvalue weighted by Gasteiger charge is -2.32. The van der Waals surface area contributed by atoms with Gasteiger partial charge >= 0.3 is 0 Å². The van der Waals surface area contributed by atoms with E-state index in [2.05, 4.69) is 11.9 Å². The normalized spacial score (nSPS) is 28.5. The molecule has 2 rings (SSSR count). The number of likely N-dealkylation sites (N-methyl/N-ethyl adjacent to an activating group) is 2. The zero-order chi connectivity index (χ0) is 12.5. The van der Waals surface area contributed by atoms with E-state index in [9.17, 15) is 4.79 Å². The van der Waals surface area contributed by atoms with Crippen LogP contribution in [0.25, 0.3) is 0 Å². The number of likely N-dealkylation sites (tertiary alicyclic amines) is 1. The van der Waals surface area contributed by atoms with Gasteiger partial charge in [-0.3, -0.25) is 4.79 Å². The van der Waals surface area contributed by atoms with Gasteiger partial charge in [-0.15, -0.1) is 0 Å². The fourth-order valence-electron chi connectivity index (χ4n) is 3.21. The van der Waals surface area contributed by atoms with Crippen LogP contribution in [-0.2, 0) is 4.79 Å². The monoisotopic (exact) mass is 239 g/mol. The summed E-state index contributed by atoms with van der Waals surface area (Å²) in [5.74, 6) is 0.148. The van der Waals surface area contributed by atoms with E-state index in [-0.39, 0.29) is 5.91 Å². The molecule has 0 spiro atoms. The SMILES string of the molecule is CN(CC1CCCN1C)C(=O)C1(N)CCCC1. The number of amides is 1. The van der Waals surface area contributed by atoms with E-state index in [0.717, 1.165) is 38.8 Å². The Hall–Kier alpha value is -0.610. The quantitative estimate of drug-likeness (QED) is 0.793. The molecule has 0 bridgehead atoms. The summed E-state index contributed by atoms with van der Waals surface area (Å²) >= 11 is 0. The van der Waals surface area contributed by atoms with Crippen LogP contribution in [0.3, 0.4) is 0 Å². The molecule has 1 aliphatic carbocycles. The van der Waals surface area contributed by atoms with Gasteiger partial charge in [0.2, 0.25) is 5.91 Å². The lowest BCUT2D eigenvalue weighted by molar-refractivity contribution is -0.136. The molecule has 98 valence electrons. The number of rotatable bonds is 3. The minimum atomic E-state index is -0.564. The predicted octanol–water partition coefficient (Wildman–Crippen LogP) is 0.811. The summed E-state index contributed by atoms with van der Waals surface area (Å²) in [7, 11) is 4.05. The molecule has 0 radical (unpaired) electrons. The van der Waals surface area contributed by atoms with Gasteiger partial charge < -0.3 is 15.5 Å². The fraction of sp³-hybridized carbons (Fsp3) is 0.923. The first kappa shape index (κ1) is 12.8. The largest absolute Gasteiger partial charge is 0.343 e. The lowest BCUT2D eigenvalue weighted by Crippen LogP contribution is -2.54. The van der Waals surface area contributed by atoms with E-state index in [4.69, 9.17) is 5.73 Å². The molecule has 0 aromatic heterocycles. The Bertz CT molecular complexity index is 286. The second kappa shape index (κ2) is 4.94. The minimum absolute atomic E-state index is 0.148. The van der Waals surface area contributed by atoms with Gasteiger partial charge in [0.15, 0.2) is 0 Å². The molecular weight excluding hydrogens is 214 g/mol. The molecule has 1 atom stereocenters. The third-order valence-corrected chi connectivity index (χ3v) is 4.42. The zero-order valence-electron chi connectivity index (χ0n) is 11.1. The molecule has 1 heterocycles. The number of hydrogen-bond donors (Lipinski definition) is 1. The number of hydrogen-bond acceptors (Lipinski definition) is 3. The standard InChI is InChI=1S/C13H25N3O/c1-15-9-5-6-11(15)10-16(2)12(17)13(14)7-3-4-8-13/h11H,3-10,14H2,1-2H3. The summed E-state index contributed by atoms with van der Waals surface area (Å²) in [6, 6.07) is 0.522. The highest BCUT2D eigenvalue weighted by atomic mass is 16.2. The smallest absolute Gasteiger partial charge is 0.242 e. The number of carbonyl (C=O) groups excluding carboxylic acids is 1. The van der Waals surface area contributed by atoms with Gasteiger partial charge in [0.05, 0.1) is 5.54 Å². The molecule has 4 heteroatoms. The van der Waals surface area contributed by atoms with Crippen LogP contribution in [0.4, 0.5) is 0 Å². The average Bonchev–Trinajstić information content (AvgIpc) is 2.89. The molecular formula is C13H25N3O. The van der Waals surface area contributed by atoms with Crippen molar-refractivity contribution in [2.24, 2.45) is 5.73 Å². The molecule has 0 aromatic carbocycles. The predicted molar refractivity (Wildman–Crippen MR) is 68.7 cm³/mol. The summed E-state index contributed by atoms with van der Waals surface area (Å²) in [5, 5.41) is 0. The van der Waals surface area contributed by atoms with Crippen LogP contribution in [-0.4, -0.2) is 54.5 Å². The Labute approximate surface area is 104 Å². The van der Waals surface area contributed by atoms with Gasteiger partial charge in [0, 0.05) is 19.6 Å². The summed E-state index contributed by atoms with van der Waals surface area (Å²) in [4.78, 5) is 16.6. The van der Waals surface area contributed by atoms with Gasteiger partial charge in [-0.1, -0.05) is 12.8 Å². The van der Waals surface area contributed by atoms with E-state index in [1.54, 1.807) is 0 Å². The second-order valence-electron chi connectivity index (χ2n) is 5.83. The van der Waals surface area contributed by atoms with Crippen LogP contribution in [0.2, 0.25) is 0 Å². The van der Waals surface area contributed by atoms with Crippen molar-refractivity contribution in [2.75, 3.05) is 27.2 Å². The van der Waals surface area contributed by atoms with Crippen molar-refractivity contribution >= 4 is 5.91 Å². The number of nitrogens with two attached hydrogens (primary N) is 1. The Balaban J connectivity index is 1.90. The molecule has 0 aromatic rings. The van der Waals surface area contributed by atoms with Crippen molar-refractivity contribution in [3.63, 3.8) is 0 Å². The third-order valence-electron chi connectivity index (χ3n) is 4.42. The van der Waals surface area contributed by atoms with Crippen molar-refractivity contribution in [1.82, 2.24) is 9.80 Å². The second-order valence-corrected chi connectivity index (χ2v) is 5.83. The van der Waals surface area contributed by atoms with Crippen LogP contribution in [0.1, 0.15) is 38.5 Å². The van der Waals surface area contributed by atoms with Gasteiger partial charge in [-0.2, -0.15) is 0 Å². The highest BCUT2D eigenvalue weighted by Gasteiger charge is 2.39. The molecule has 2 N–H and O–H groups in total. The van der Waals surface area contributed by atoms with Gasteiger partial charge in [0.1, 0.15) is 0 Å². The zero-order valence-corrected chi connectivity index (χ0v) is 11.1. The molecule has 2 fully saturated rings. The maximum atomic E-state index is 12.3. The van der Waals surface area contributed by atoms with E-state index in [0.29, 0.717) is 6.04 Å². The molecule has 1 unspecified atom stereocenters. The first-order chi connectivity index (χ1) is 8.03. The number of nitrogens with zero attached hydrogens (tertiary/aromatic N) is 2. The first-order valence-electron chi connectivity index (χ1n) is 6.78. The lowest BCUT2D eigenvalue weighted by atomic mass is 9.97. The van der Waals surface area contributed by atoms with E-state index >= 15 is 0 Å². The van der Waals surface area contributed by atoms with Crippen molar-refractivity contribution in [3.8, 4) is 0 Å². The van der Waals surface area contributed by atoms with Crippen LogP contribution in [0, 0.1) is 0 Å². The van der Waals surface area contributed by atoms with Crippen LogP contribution in [0.15, 0.2) is 0 Å². The minimum Gasteiger partial charge on any atom is -0.343 e. The van der Waals surface area contributed by atoms with Gasteiger partial charge in [0.25, 0.3) is 0 Å². The van der Waals surface area contributed by atoms with Gasteiger partial charge in [-0.05, 0) is 39.3 Å². The summed E-state index contributed by atoms with van der Waals surface area (Å²) in [6.45, 7) is 1.98. The maximum Gasteiger partial charge on any atom is 0.242 e. The first-order valence-corrected chi connectivity index (χ1v) is 6.78. The summed E-state index contributed by atoms with van der Waals surface area (Å²) in [6.07, 6.45) is 6.36. The van der Waals surface area contributed by atoms with E-state index in [1.807, 2.05) is 11.9 Å². The molecule has 1 amide bonds. The molecule has 2 aliphatic rings. The Kier molecular flexibility index (Phi) is 3.73.